The number of aromatic nitrogens is 5. The van der Waals surface area contributed by atoms with Crippen molar-refractivity contribution in [1.82, 2.24) is 34.7 Å². The van der Waals surface area contributed by atoms with Gasteiger partial charge in [0.15, 0.2) is 0 Å². The number of methoxy groups -OCH3 is 1. The fourth-order valence-corrected chi connectivity index (χ4v) is 8.59. The van der Waals surface area contributed by atoms with Crippen molar-refractivity contribution in [1.29, 1.82) is 0 Å². The zero-order valence-corrected chi connectivity index (χ0v) is 29.0. The van der Waals surface area contributed by atoms with Crippen LogP contribution in [0.15, 0.2) is 43.0 Å². The van der Waals surface area contributed by atoms with Crippen molar-refractivity contribution < 1.29 is 4.74 Å². The number of anilines is 5. The first-order valence-corrected chi connectivity index (χ1v) is 19.3. The van der Waals surface area contributed by atoms with Gasteiger partial charge in [-0.1, -0.05) is 21.3 Å². The van der Waals surface area contributed by atoms with Gasteiger partial charge in [-0.3, -0.25) is 19.8 Å². The molecule has 0 bridgehead atoms. The molecule has 3 fully saturated rings. The maximum absolute atomic E-state index is 5.92. The van der Waals surface area contributed by atoms with Gasteiger partial charge in [-0.2, -0.15) is 4.98 Å². The first-order valence-electron chi connectivity index (χ1n) is 17.1. The van der Waals surface area contributed by atoms with Gasteiger partial charge in [0.1, 0.15) is 12.1 Å². The van der Waals surface area contributed by atoms with Crippen molar-refractivity contribution in [2.45, 2.75) is 57.5 Å². The molecule has 2 aliphatic heterocycles. The van der Waals surface area contributed by atoms with Crippen molar-refractivity contribution in [3.8, 4) is 5.75 Å². The summed E-state index contributed by atoms with van der Waals surface area (Å²) in [7, 11) is 1.26. The van der Waals surface area contributed by atoms with Gasteiger partial charge in [-0.25, -0.2) is 9.97 Å². The lowest BCUT2D eigenvalue weighted by atomic mass is 9.91. The van der Waals surface area contributed by atoms with E-state index in [1.807, 2.05) is 12.1 Å². The Morgan fingerprint density at radius 2 is 1.47 bits per heavy atom. The van der Waals surface area contributed by atoms with Crippen LogP contribution in [0.4, 0.5) is 29.0 Å². The SMILES string of the molecule is CCc1cc(Nc2ncnc(Nc3ccc4nccnc4c3P(C)C)n2)c(OC)cc1N1CCC(N2CCN(C3CCC3)CC2)CC1. The van der Waals surface area contributed by atoms with E-state index in [0.717, 1.165) is 59.0 Å². The Kier molecular flexibility index (Phi) is 9.65. The molecule has 0 atom stereocenters. The third kappa shape index (κ3) is 6.84. The third-order valence-electron chi connectivity index (χ3n) is 10.2. The minimum Gasteiger partial charge on any atom is -0.494 e. The molecule has 11 nitrogen and oxygen atoms in total. The van der Waals surface area contributed by atoms with Crippen LogP contribution >= 0.6 is 7.92 Å². The molecular formula is C35H47N10OP. The molecule has 47 heavy (non-hydrogen) atoms. The molecule has 7 rings (SSSR count). The van der Waals surface area contributed by atoms with Crippen molar-refractivity contribution >= 4 is 53.2 Å². The summed E-state index contributed by atoms with van der Waals surface area (Å²) < 4.78 is 5.92. The summed E-state index contributed by atoms with van der Waals surface area (Å²) >= 11 is 0. The van der Waals surface area contributed by atoms with Crippen molar-refractivity contribution in [2.24, 2.45) is 0 Å². The van der Waals surface area contributed by atoms with Gasteiger partial charge in [0.05, 0.1) is 29.5 Å². The lowest BCUT2D eigenvalue weighted by Crippen LogP contribution is -2.56. The molecule has 3 aliphatic rings. The maximum atomic E-state index is 5.92. The standard InChI is InChI=1S/C35H47N10OP/c1-5-24-21-29(41-35-39-23-38-34(42-35)40-28-10-9-27-32(33(28)47(3)4)37-14-13-36-27)31(46-2)22-30(24)45-15-11-26(12-16-45)44-19-17-43(18-20-44)25-7-6-8-25/h9-10,13-14,21-23,25-26H,5-8,11-12,15-20H2,1-4H3,(H2,38,39,40,41,42). The van der Waals surface area contributed by atoms with Gasteiger partial charge in [-0.15, -0.1) is 0 Å². The number of hydrogen-bond acceptors (Lipinski definition) is 11. The van der Waals surface area contributed by atoms with Crippen molar-refractivity contribution in [3.63, 3.8) is 0 Å². The van der Waals surface area contributed by atoms with E-state index < -0.39 is 7.92 Å². The number of aryl methyl sites for hydroxylation is 1. The van der Waals surface area contributed by atoms with Gasteiger partial charge < -0.3 is 20.3 Å². The van der Waals surface area contributed by atoms with E-state index in [-0.39, 0.29) is 0 Å². The van der Waals surface area contributed by atoms with Gasteiger partial charge in [0, 0.05) is 80.8 Å². The fraction of sp³-hybridized carbons (Fsp3) is 0.514. The molecule has 248 valence electrons. The Bertz CT molecular complexity index is 1680. The van der Waals surface area contributed by atoms with Crippen LogP contribution in [0.3, 0.4) is 0 Å². The summed E-state index contributed by atoms with van der Waals surface area (Å²) in [6, 6.07) is 9.94. The van der Waals surface area contributed by atoms with Crippen LogP contribution in [0.25, 0.3) is 11.0 Å². The number of nitrogens with zero attached hydrogens (tertiary/aromatic N) is 8. The van der Waals surface area contributed by atoms with E-state index in [1.165, 1.54) is 75.9 Å². The number of nitrogens with one attached hydrogen (secondary N) is 2. The van der Waals surface area contributed by atoms with Crippen molar-refractivity contribution in [3.05, 3.63) is 48.5 Å². The molecule has 0 radical (unpaired) electrons. The highest BCUT2D eigenvalue weighted by Gasteiger charge is 2.32. The molecule has 0 spiro atoms. The Hall–Kier alpha value is -3.66. The predicted molar refractivity (Wildman–Crippen MR) is 193 cm³/mol. The Balaban J connectivity index is 1.03. The molecule has 0 amide bonds. The number of rotatable bonds is 10. The molecule has 12 heteroatoms. The highest BCUT2D eigenvalue weighted by Crippen LogP contribution is 2.37. The Morgan fingerprint density at radius 1 is 0.809 bits per heavy atom. The molecule has 1 aliphatic carbocycles. The third-order valence-corrected chi connectivity index (χ3v) is 11.5. The van der Waals surface area contributed by atoms with E-state index in [9.17, 15) is 0 Å². The quantitative estimate of drug-likeness (QED) is 0.215. The van der Waals surface area contributed by atoms with E-state index in [0.29, 0.717) is 17.9 Å². The van der Waals surface area contributed by atoms with Gasteiger partial charge >= 0.3 is 0 Å². The smallest absolute Gasteiger partial charge is 0.232 e. The second-order valence-corrected chi connectivity index (χ2v) is 15.3. The van der Waals surface area contributed by atoms with Crippen LogP contribution in [0.2, 0.25) is 0 Å². The number of piperidine rings is 1. The normalized spacial score (nSPS) is 18.4. The molecule has 1 saturated carbocycles. The molecule has 0 unspecified atom stereocenters. The molecule has 2 N–H and O–H groups in total. The van der Waals surface area contributed by atoms with Crippen LogP contribution < -0.4 is 25.6 Å². The first-order chi connectivity index (χ1) is 23.0. The predicted octanol–water partition coefficient (Wildman–Crippen LogP) is 5.38. The number of hydrogen-bond donors (Lipinski definition) is 2. The molecule has 4 aromatic rings. The fourth-order valence-electron chi connectivity index (χ4n) is 7.38. The summed E-state index contributed by atoms with van der Waals surface area (Å²) in [6.07, 6.45) is 12.6. The summed E-state index contributed by atoms with van der Waals surface area (Å²) in [5.41, 5.74) is 6.12. The summed E-state index contributed by atoms with van der Waals surface area (Å²) in [6.45, 7) is 13.7. The van der Waals surface area contributed by atoms with Crippen LogP contribution in [0.1, 0.15) is 44.6 Å². The molecule has 2 aromatic heterocycles. The zero-order chi connectivity index (χ0) is 32.3. The first kappa shape index (κ1) is 31.9. The van der Waals surface area contributed by atoms with E-state index >= 15 is 0 Å². The lowest BCUT2D eigenvalue weighted by Gasteiger charge is -2.47. The monoisotopic (exact) mass is 654 g/mol. The molecular weight excluding hydrogens is 607 g/mol. The van der Waals surface area contributed by atoms with Crippen LogP contribution in [-0.2, 0) is 6.42 Å². The second-order valence-electron chi connectivity index (χ2n) is 13.1. The topological polar surface area (TPSA) is 107 Å². The van der Waals surface area contributed by atoms with Crippen molar-refractivity contribution in [2.75, 3.05) is 75.2 Å². The van der Waals surface area contributed by atoms with Gasteiger partial charge in [0.25, 0.3) is 0 Å². The minimum absolute atomic E-state index is 0.450. The Morgan fingerprint density at radius 3 is 2.09 bits per heavy atom. The van der Waals surface area contributed by atoms with Crippen LogP contribution in [0, 0.1) is 0 Å². The van der Waals surface area contributed by atoms with E-state index in [4.69, 9.17) is 9.72 Å². The number of fused-ring (bicyclic) bond motifs is 1. The van der Waals surface area contributed by atoms with E-state index in [2.05, 4.69) is 77.7 Å². The minimum atomic E-state index is -0.466. The maximum Gasteiger partial charge on any atom is 0.232 e. The molecule has 4 heterocycles. The average molecular weight is 655 g/mol. The highest BCUT2D eigenvalue weighted by atomic mass is 31.1. The van der Waals surface area contributed by atoms with E-state index in [1.54, 1.807) is 19.5 Å². The number of benzene rings is 2. The molecule has 2 saturated heterocycles. The Labute approximate surface area is 279 Å². The zero-order valence-electron chi connectivity index (χ0n) is 28.1. The van der Waals surface area contributed by atoms with Crippen LogP contribution in [-0.4, -0.2) is 107 Å². The second kappa shape index (κ2) is 14.2. The van der Waals surface area contributed by atoms with Gasteiger partial charge in [-0.05, 0) is 69.2 Å². The number of ether oxygens (including phenoxy) is 1. The summed E-state index contributed by atoms with van der Waals surface area (Å²) in [4.78, 5) is 30.7. The summed E-state index contributed by atoms with van der Waals surface area (Å²) in [5.74, 6) is 1.69. The van der Waals surface area contributed by atoms with Crippen LogP contribution in [0.5, 0.6) is 5.75 Å². The van der Waals surface area contributed by atoms with Gasteiger partial charge in [0.2, 0.25) is 11.9 Å². The molecule has 2 aromatic carbocycles. The highest BCUT2D eigenvalue weighted by molar-refractivity contribution is 7.65. The number of piperazine rings is 1. The largest absolute Gasteiger partial charge is 0.494 e. The average Bonchev–Trinajstić information content (AvgIpc) is 3.07. The summed E-state index contributed by atoms with van der Waals surface area (Å²) in [5, 5.41) is 7.97. The lowest BCUT2D eigenvalue weighted by molar-refractivity contribution is 0.0373.